The van der Waals surface area contributed by atoms with E-state index < -0.39 is 0 Å². The first-order valence-corrected chi connectivity index (χ1v) is 7.01. The number of carbonyl (C=O) groups excluding carboxylic acids is 1. The number of rotatable bonds is 4. The van der Waals surface area contributed by atoms with Gasteiger partial charge in [-0.25, -0.2) is 5.84 Å². The first kappa shape index (κ1) is 12.9. The maximum Gasteiger partial charge on any atom is 0.275 e. The molecular weight excluding hydrogens is 268 g/mol. The minimum atomic E-state index is -0.279. The van der Waals surface area contributed by atoms with Gasteiger partial charge in [-0.2, -0.15) is 0 Å². The predicted molar refractivity (Wildman–Crippen MR) is 73.6 cm³/mol. The second-order valence-electron chi connectivity index (χ2n) is 3.50. The van der Waals surface area contributed by atoms with Gasteiger partial charge in [0, 0.05) is 15.5 Å². The summed E-state index contributed by atoms with van der Waals surface area (Å²) < 4.78 is 0. The Bertz CT molecular complexity index is 555. The number of benzene rings is 1. The summed E-state index contributed by atoms with van der Waals surface area (Å²) in [4.78, 5) is 13.8. The molecule has 1 amide bonds. The van der Waals surface area contributed by atoms with Crippen molar-refractivity contribution in [2.75, 3.05) is 0 Å². The van der Waals surface area contributed by atoms with Gasteiger partial charge in [0.1, 0.15) is 5.75 Å². The number of amides is 1. The van der Waals surface area contributed by atoms with Crippen LogP contribution in [0.5, 0.6) is 5.75 Å². The number of hydrogen-bond donors (Lipinski definition) is 3. The summed E-state index contributed by atoms with van der Waals surface area (Å²) >= 11 is 2.93. The van der Waals surface area contributed by atoms with Crippen molar-refractivity contribution in [1.82, 2.24) is 5.43 Å². The van der Waals surface area contributed by atoms with Crippen LogP contribution in [0.15, 0.2) is 41.3 Å². The second kappa shape index (κ2) is 5.90. The van der Waals surface area contributed by atoms with Gasteiger partial charge < -0.3 is 5.11 Å². The highest BCUT2D eigenvalue weighted by Crippen LogP contribution is 2.32. The molecule has 0 atom stereocenters. The van der Waals surface area contributed by atoms with E-state index in [0.29, 0.717) is 10.6 Å². The van der Waals surface area contributed by atoms with E-state index in [2.05, 4.69) is 5.43 Å². The van der Waals surface area contributed by atoms with Crippen LogP contribution in [0.25, 0.3) is 0 Å². The molecule has 0 saturated carbocycles. The van der Waals surface area contributed by atoms with Crippen LogP contribution in [-0.2, 0) is 5.75 Å². The van der Waals surface area contributed by atoms with Gasteiger partial charge in [0.05, 0.1) is 4.88 Å². The van der Waals surface area contributed by atoms with Gasteiger partial charge in [-0.05, 0) is 24.3 Å². The Morgan fingerprint density at radius 3 is 2.83 bits per heavy atom. The molecule has 2 aromatic rings. The third-order valence-electron chi connectivity index (χ3n) is 2.25. The van der Waals surface area contributed by atoms with Gasteiger partial charge in [0.15, 0.2) is 0 Å². The van der Waals surface area contributed by atoms with Gasteiger partial charge >= 0.3 is 0 Å². The number of phenolic OH excluding ortho intramolecular Hbond substituents is 1. The Morgan fingerprint density at radius 1 is 1.33 bits per heavy atom. The number of hydrogen-bond acceptors (Lipinski definition) is 5. The molecular formula is C12H12N2O2S2. The molecule has 4 N–H and O–H groups in total. The molecule has 1 aromatic carbocycles. The highest BCUT2D eigenvalue weighted by atomic mass is 32.2. The van der Waals surface area contributed by atoms with Gasteiger partial charge in [0.2, 0.25) is 0 Å². The summed E-state index contributed by atoms with van der Waals surface area (Å²) in [5, 5.41) is 9.62. The van der Waals surface area contributed by atoms with Crippen LogP contribution in [0, 0.1) is 0 Å². The van der Waals surface area contributed by atoms with Crippen molar-refractivity contribution in [3.8, 4) is 5.75 Å². The predicted octanol–water partition coefficient (Wildman–Crippen LogP) is 2.35. The molecule has 4 nitrogen and oxygen atoms in total. The molecule has 0 aliphatic carbocycles. The van der Waals surface area contributed by atoms with Crippen molar-refractivity contribution in [2.24, 2.45) is 5.84 Å². The van der Waals surface area contributed by atoms with E-state index in [4.69, 9.17) is 5.84 Å². The maximum absolute atomic E-state index is 11.3. The lowest BCUT2D eigenvalue weighted by Gasteiger charge is -2.02. The molecule has 1 heterocycles. The van der Waals surface area contributed by atoms with Gasteiger partial charge in [0.25, 0.3) is 5.91 Å². The minimum absolute atomic E-state index is 0.277. The molecule has 0 unspecified atom stereocenters. The molecule has 94 valence electrons. The molecule has 6 heteroatoms. The summed E-state index contributed by atoms with van der Waals surface area (Å²) in [7, 11) is 0. The SMILES string of the molecule is NNC(=O)c1ccc(CSc2ccccc2O)s1. The number of phenols is 1. The number of thiophene rings is 1. The van der Waals surface area contributed by atoms with Crippen molar-refractivity contribution >= 4 is 29.0 Å². The quantitative estimate of drug-likeness (QED) is 0.348. The van der Waals surface area contributed by atoms with E-state index in [-0.39, 0.29) is 11.7 Å². The highest BCUT2D eigenvalue weighted by molar-refractivity contribution is 7.98. The molecule has 18 heavy (non-hydrogen) atoms. The van der Waals surface area contributed by atoms with E-state index >= 15 is 0 Å². The van der Waals surface area contributed by atoms with E-state index in [0.717, 1.165) is 9.77 Å². The van der Waals surface area contributed by atoms with Crippen molar-refractivity contribution in [3.05, 3.63) is 46.2 Å². The number of hydrazine groups is 1. The lowest BCUT2D eigenvalue weighted by atomic mass is 10.3. The summed E-state index contributed by atoms with van der Waals surface area (Å²) in [6.45, 7) is 0. The fourth-order valence-corrected chi connectivity index (χ4v) is 3.28. The normalized spacial score (nSPS) is 10.3. The zero-order chi connectivity index (χ0) is 13.0. The molecule has 0 radical (unpaired) electrons. The van der Waals surface area contributed by atoms with Gasteiger partial charge in [-0.15, -0.1) is 23.1 Å². The number of nitrogens with one attached hydrogen (secondary N) is 1. The molecule has 0 saturated heterocycles. The van der Waals surface area contributed by atoms with Crippen LogP contribution in [-0.4, -0.2) is 11.0 Å². The molecule has 0 spiro atoms. The fourth-order valence-electron chi connectivity index (χ4n) is 1.38. The Balaban J connectivity index is 2.01. The van der Waals surface area contributed by atoms with Crippen LogP contribution >= 0.6 is 23.1 Å². The van der Waals surface area contributed by atoms with Crippen molar-refractivity contribution < 1.29 is 9.90 Å². The smallest absolute Gasteiger partial charge is 0.275 e. The molecule has 0 aliphatic rings. The van der Waals surface area contributed by atoms with Crippen LogP contribution in [0.4, 0.5) is 0 Å². The number of nitrogen functional groups attached to an aromatic ring is 1. The molecule has 0 aliphatic heterocycles. The lowest BCUT2D eigenvalue weighted by Crippen LogP contribution is -2.29. The third-order valence-corrected chi connectivity index (χ3v) is 4.63. The average Bonchev–Trinajstić information content (AvgIpc) is 2.86. The first-order chi connectivity index (χ1) is 8.70. The van der Waals surface area contributed by atoms with E-state index in [1.807, 2.05) is 18.2 Å². The zero-order valence-corrected chi connectivity index (χ0v) is 11.1. The largest absolute Gasteiger partial charge is 0.507 e. The number of para-hydroxylation sites is 1. The van der Waals surface area contributed by atoms with Gasteiger partial charge in [-0.3, -0.25) is 10.2 Å². The monoisotopic (exact) mass is 280 g/mol. The Kier molecular flexibility index (Phi) is 4.24. The van der Waals surface area contributed by atoms with Crippen LogP contribution in [0.1, 0.15) is 14.5 Å². The molecule has 2 rings (SSSR count). The molecule has 1 aromatic heterocycles. The average molecular weight is 280 g/mol. The van der Waals surface area contributed by atoms with E-state index in [1.165, 1.54) is 23.1 Å². The van der Waals surface area contributed by atoms with Crippen LogP contribution in [0.2, 0.25) is 0 Å². The summed E-state index contributed by atoms with van der Waals surface area (Å²) in [6.07, 6.45) is 0. The van der Waals surface area contributed by atoms with Crippen LogP contribution in [0.3, 0.4) is 0 Å². The van der Waals surface area contributed by atoms with Crippen molar-refractivity contribution in [1.29, 1.82) is 0 Å². The maximum atomic E-state index is 11.3. The molecule has 0 fully saturated rings. The molecule has 0 bridgehead atoms. The third kappa shape index (κ3) is 3.04. The topological polar surface area (TPSA) is 75.3 Å². The van der Waals surface area contributed by atoms with Crippen molar-refractivity contribution in [3.63, 3.8) is 0 Å². The summed E-state index contributed by atoms with van der Waals surface area (Å²) in [6, 6.07) is 10.8. The minimum Gasteiger partial charge on any atom is -0.507 e. The van der Waals surface area contributed by atoms with Gasteiger partial charge in [-0.1, -0.05) is 12.1 Å². The van der Waals surface area contributed by atoms with E-state index in [1.54, 1.807) is 18.2 Å². The number of thioether (sulfide) groups is 1. The fraction of sp³-hybridized carbons (Fsp3) is 0.0833. The highest BCUT2D eigenvalue weighted by Gasteiger charge is 2.08. The Labute approximate surface area is 113 Å². The number of carbonyl (C=O) groups is 1. The standard InChI is InChI=1S/C12H12N2O2S2/c13-14-12(16)11-6-5-8(18-11)7-17-10-4-2-1-3-9(10)15/h1-6,15H,7,13H2,(H,14,16). The zero-order valence-electron chi connectivity index (χ0n) is 9.42. The summed E-state index contributed by atoms with van der Waals surface area (Å²) in [5.41, 5.74) is 2.10. The first-order valence-electron chi connectivity index (χ1n) is 5.21. The Hall–Kier alpha value is -1.50. The number of nitrogens with two attached hydrogens (primary N) is 1. The Morgan fingerprint density at radius 2 is 2.11 bits per heavy atom. The lowest BCUT2D eigenvalue weighted by molar-refractivity contribution is 0.0957. The summed E-state index contributed by atoms with van der Waals surface area (Å²) in [5.74, 6) is 5.77. The van der Waals surface area contributed by atoms with Crippen LogP contribution < -0.4 is 11.3 Å². The van der Waals surface area contributed by atoms with E-state index in [9.17, 15) is 9.90 Å². The van der Waals surface area contributed by atoms with Crippen molar-refractivity contribution in [2.45, 2.75) is 10.6 Å². The number of aromatic hydroxyl groups is 1. The second-order valence-corrected chi connectivity index (χ2v) is 5.68.